The predicted molar refractivity (Wildman–Crippen MR) is 60.6 cm³/mol. The molecule has 0 fully saturated rings. The fraction of sp³-hybridized carbons (Fsp3) is 0.182. The van der Waals surface area contributed by atoms with Crippen LogP contribution in [0.25, 0.3) is 5.69 Å². The van der Waals surface area contributed by atoms with E-state index in [1.165, 1.54) is 0 Å². The molecule has 0 N–H and O–H groups in total. The minimum Gasteiger partial charge on any atom is -0.245 e. The molecule has 0 saturated carbocycles. The molecular weight excluding hydrogens is 224 g/mol. The van der Waals surface area contributed by atoms with Gasteiger partial charge < -0.3 is 0 Å². The van der Waals surface area contributed by atoms with Gasteiger partial charge in [0.15, 0.2) is 0 Å². The second-order valence-corrected chi connectivity index (χ2v) is 3.79. The summed E-state index contributed by atoms with van der Waals surface area (Å²) in [5.74, 6) is 0. The third-order valence-electron chi connectivity index (χ3n) is 2.31. The molecule has 5 heteroatoms. The zero-order valence-corrected chi connectivity index (χ0v) is 9.65. The van der Waals surface area contributed by atoms with Crippen molar-refractivity contribution in [2.45, 2.75) is 13.8 Å². The van der Waals surface area contributed by atoms with E-state index in [0.29, 0.717) is 10.7 Å². The van der Waals surface area contributed by atoms with Crippen molar-refractivity contribution in [3.05, 3.63) is 40.4 Å². The molecule has 0 bridgehead atoms. The number of hydrogen-bond acceptors (Lipinski definition) is 3. The Balaban J connectivity index is 2.59. The van der Waals surface area contributed by atoms with Gasteiger partial charge in [-0.15, -0.1) is 0 Å². The molecule has 0 saturated heterocycles. The number of aromatic nitrogens is 3. The predicted octanol–water partition coefficient (Wildman–Crippen LogP) is 2.41. The van der Waals surface area contributed by atoms with E-state index in [9.17, 15) is 0 Å². The Labute approximate surface area is 98.1 Å². The summed E-state index contributed by atoms with van der Waals surface area (Å²) in [6.45, 7) is 3.73. The number of nitriles is 1. The molecule has 0 aliphatic heterocycles. The molecule has 2 aromatic rings. The summed E-state index contributed by atoms with van der Waals surface area (Å²) >= 11 is 6.06. The van der Waals surface area contributed by atoms with Crippen molar-refractivity contribution in [1.82, 2.24) is 14.8 Å². The molecule has 0 aromatic carbocycles. The fourth-order valence-corrected chi connectivity index (χ4v) is 1.61. The van der Waals surface area contributed by atoms with E-state index >= 15 is 0 Å². The van der Waals surface area contributed by atoms with Gasteiger partial charge in [0.25, 0.3) is 0 Å². The smallest absolute Gasteiger partial charge is 0.142 e. The van der Waals surface area contributed by atoms with Crippen molar-refractivity contribution in [2.24, 2.45) is 0 Å². The number of rotatable bonds is 1. The summed E-state index contributed by atoms with van der Waals surface area (Å²) in [5.41, 5.74) is 2.78. The van der Waals surface area contributed by atoms with Gasteiger partial charge in [0.1, 0.15) is 11.8 Å². The van der Waals surface area contributed by atoms with Crippen LogP contribution in [-0.4, -0.2) is 14.8 Å². The van der Waals surface area contributed by atoms with Gasteiger partial charge in [0.05, 0.1) is 22.1 Å². The molecule has 0 radical (unpaired) electrons. The summed E-state index contributed by atoms with van der Waals surface area (Å²) in [5, 5.41) is 13.7. The van der Waals surface area contributed by atoms with Crippen molar-refractivity contribution < 1.29 is 0 Å². The molecule has 0 spiro atoms. The monoisotopic (exact) mass is 232 g/mol. The highest BCUT2D eigenvalue weighted by Crippen LogP contribution is 2.22. The second kappa shape index (κ2) is 3.95. The lowest BCUT2D eigenvalue weighted by Crippen LogP contribution is -2.00. The lowest BCUT2D eigenvalue weighted by Gasteiger charge is -2.03. The lowest BCUT2D eigenvalue weighted by atomic mass is 10.3. The largest absolute Gasteiger partial charge is 0.245 e. The first kappa shape index (κ1) is 10.7. The van der Waals surface area contributed by atoms with Crippen LogP contribution in [0, 0.1) is 25.2 Å². The topological polar surface area (TPSA) is 54.5 Å². The lowest BCUT2D eigenvalue weighted by molar-refractivity contribution is 0.831. The fourth-order valence-electron chi connectivity index (χ4n) is 1.49. The number of nitrogens with zero attached hydrogens (tertiary/aromatic N) is 4. The van der Waals surface area contributed by atoms with Crippen LogP contribution in [0.4, 0.5) is 0 Å². The quantitative estimate of drug-likeness (QED) is 0.759. The Bertz CT molecular complexity index is 580. The summed E-state index contributed by atoms with van der Waals surface area (Å²) in [6, 6.07) is 5.46. The second-order valence-electron chi connectivity index (χ2n) is 3.41. The average Bonchev–Trinajstić information content (AvgIpc) is 2.57. The van der Waals surface area contributed by atoms with Crippen LogP contribution in [0.5, 0.6) is 0 Å². The number of pyridine rings is 1. The van der Waals surface area contributed by atoms with Crippen LogP contribution in [0.2, 0.25) is 5.02 Å². The molecular formula is C11H9ClN4. The maximum Gasteiger partial charge on any atom is 0.142 e. The van der Waals surface area contributed by atoms with Gasteiger partial charge in [-0.1, -0.05) is 11.6 Å². The highest BCUT2D eigenvalue weighted by atomic mass is 35.5. The first-order chi connectivity index (χ1) is 7.63. The molecule has 80 valence electrons. The van der Waals surface area contributed by atoms with E-state index in [2.05, 4.69) is 10.1 Å². The molecule has 4 nitrogen and oxygen atoms in total. The van der Waals surface area contributed by atoms with Gasteiger partial charge in [-0.3, -0.25) is 0 Å². The number of halogens is 1. The Kier molecular flexibility index (Phi) is 2.63. The van der Waals surface area contributed by atoms with Crippen molar-refractivity contribution in [2.75, 3.05) is 0 Å². The maximum absolute atomic E-state index is 8.77. The first-order valence-corrected chi connectivity index (χ1v) is 5.09. The first-order valence-electron chi connectivity index (χ1n) is 4.71. The van der Waals surface area contributed by atoms with Gasteiger partial charge in [-0.2, -0.15) is 10.4 Å². The van der Waals surface area contributed by atoms with E-state index in [1.54, 1.807) is 23.0 Å². The molecule has 2 heterocycles. The van der Waals surface area contributed by atoms with Crippen LogP contribution in [-0.2, 0) is 0 Å². The number of hydrogen-bond donors (Lipinski definition) is 0. The SMILES string of the molecule is Cc1nn(-c2ccnc(C#N)c2)c(C)c1Cl. The molecule has 2 aromatic heterocycles. The van der Waals surface area contributed by atoms with Crippen molar-refractivity contribution >= 4 is 11.6 Å². The zero-order chi connectivity index (χ0) is 11.7. The van der Waals surface area contributed by atoms with Gasteiger partial charge in [0, 0.05) is 12.3 Å². The Morgan fingerprint density at radius 3 is 2.75 bits per heavy atom. The minimum atomic E-state index is 0.362. The zero-order valence-electron chi connectivity index (χ0n) is 8.90. The third-order valence-corrected chi connectivity index (χ3v) is 2.85. The Morgan fingerprint density at radius 1 is 1.44 bits per heavy atom. The minimum absolute atomic E-state index is 0.362. The Morgan fingerprint density at radius 2 is 2.19 bits per heavy atom. The molecule has 0 aliphatic rings. The van der Waals surface area contributed by atoms with Gasteiger partial charge >= 0.3 is 0 Å². The normalized spacial score (nSPS) is 10.1. The highest BCUT2D eigenvalue weighted by Gasteiger charge is 2.10. The average molecular weight is 233 g/mol. The Hall–Kier alpha value is -1.86. The summed E-state index contributed by atoms with van der Waals surface area (Å²) < 4.78 is 1.71. The van der Waals surface area contributed by atoms with Crippen molar-refractivity contribution in [1.29, 1.82) is 5.26 Å². The van der Waals surface area contributed by atoms with Crippen LogP contribution in [0.3, 0.4) is 0 Å². The van der Waals surface area contributed by atoms with Crippen LogP contribution in [0.1, 0.15) is 17.1 Å². The summed E-state index contributed by atoms with van der Waals surface area (Å²) in [4.78, 5) is 3.91. The van der Waals surface area contributed by atoms with Crippen LogP contribution >= 0.6 is 11.6 Å². The van der Waals surface area contributed by atoms with Gasteiger partial charge in [-0.05, 0) is 19.9 Å². The summed E-state index contributed by atoms with van der Waals surface area (Å²) in [6.07, 6.45) is 1.58. The van der Waals surface area contributed by atoms with E-state index in [1.807, 2.05) is 19.9 Å². The standard InChI is InChI=1S/C11H9ClN4/c1-7-11(12)8(2)16(15-7)10-3-4-14-9(5-10)6-13/h3-5H,1-2H3. The summed E-state index contributed by atoms with van der Waals surface area (Å²) in [7, 11) is 0. The third kappa shape index (κ3) is 1.66. The van der Waals surface area contributed by atoms with E-state index in [4.69, 9.17) is 16.9 Å². The van der Waals surface area contributed by atoms with E-state index in [-0.39, 0.29) is 0 Å². The van der Waals surface area contributed by atoms with Crippen molar-refractivity contribution in [3.8, 4) is 11.8 Å². The molecule has 2 rings (SSSR count). The van der Waals surface area contributed by atoms with Gasteiger partial charge in [0.2, 0.25) is 0 Å². The highest BCUT2D eigenvalue weighted by molar-refractivity contribution is 6.31. The van der Waals surface area contributed by atoms with Crippen LogP contribution in [0.15, 0.2) is 18.3 Å². The maximum atomic E-state index is 8.77. The molecule has 16 heavy (non-hydrogen) atoms. The number of aryl methyl sites for hydroxylation is 1. The molecule has 0 aliphatic carbocycles. The van der Waals surface area contributed by atoms with Gasteiger partial charge in [-0.25, -0.2) is 9.67 Å². The van der Waals surface area contributed by atoms with E-state index in [0.717, 1.165) is 17.1 Å². The molecule has 0 atom stereocenters. The molecule has 0 amide bonds. The van der Waals surface area contributed by atoms with Crippen molar-refractivity contribution in [3.63, 3.8) is 0 Å². The van der Waals surface area contributed by atoms with E-state index < -0.39 is 0 Å². The van der Waals surface area contributed by atoms with Crippen LogP contribution < -0.4 is 0 Å². The molecule has 0 unspecified atom stereocenters.